The number of aromatic amines is 1. The first-order chi connectivity index (χ1) is 17.1. The van der Waals surface area contributed by atoms with E-state index in [-0.39, 0.29) is 5.56 Å². The Hall–Kier alpha value is -4.10. The second kappa shape index (κ2) is 10.0. The number of aromatic nitrogens is 5. The lowest BCUT2D eigenvalue weighted by atomic mass is 10.0. The number of nitrogens with zero attached hydrogens (tertiary/aromatic N) is 5. The van der Waals surface area contributed by atoms with Crippen molar-refractivity contribution in [3.05, 3.63) is 123 Å². The Balaban J connectivity index is 1.45. The molecule has 1 N–H and O–H groups in total. The van der Waals surface area contributed by atoms with E-state index in [4.69, 9.17) is 0 Å². The summed E-state index contributed by atoms with van der Waals surface area (Å²) in [5, 5.41) is 13.5. The molecule has 0 saturated carbocycles. The minimum absolute atomic E-state index is 0.0619. The van der Waals surface area contributed by atoms with Gasteiger partial charge in [0.15, 0.2) is 5.82 Å². The number of tetrazole rings is 1. The number of aryl methyl sites for hydroxylation is 2. The zero-order valence-corrected chi connectivity index (χ0v) is 20.0. The van der Waals surface area contributed by atoms with E-state index >= 15 is 0 Å². The van der Waals surface area contributed by atoms with Gasteiger partial charge in [-0.15, -0.1) is 5.10 Å². The summed E-state index contributed by atoms with van der Waals surface area (Å²) in [6.45, 7) is 6.36. The SMILES string of the molecule is Cc1ccc2cc(CN(Cc3ccccc3)Cc3nnnn3Cc3ccccc3)c(=O)[nH]c2c1C. The Morgan fingerprint density at radius 1 is 0.857 bits per heavy atom. The molecule has 7 heteroatoms. The molecule has 3 aromatic carbocycles. The summed E-state index contributed by atoms with van der Waals surface area (Å²) < 4.78 is 1.82. The number of pyridine rings is 1. The van der Waals surface area contributed by atoms with Crippen LogP contribution in [0.3, 0.4) is 0 Å². The van der Waals surface area contributed by atoms with Crippen LogP contribution in [0.25, 0.3) is 10.9 Å². The molecule has 0 spiro atoms. The first kappa shape index (κ1) is 22.7. The van der Waals surface area contributed by atoms with Crippen molar-refractivity contribution in [3.8, 4) is 0 Å². The van der Waals surface area contributed by atoms with Gasteiger partial charge in [0.05, 0.1) is 18.6 Å². The molecule has 2 heterocycles. The Morgan fingerprint density at radius 2 is 1.57 bits per heavy atom. The van der Waals surface area contributed by atoms with E-state index in [0.29, 0.717) is 26.2 Å². The number of fused-ring (bicyclic) bond motifs is 1. The van der Waals surface area contributed by atoms with Crippen LogP contribution >= 0.6 is 0 Å². The van der Waals surface area contributed by atoms with E-state index in [2.05, 4.69) is 68.7 Å². The van der Waals surface area contributed by atoms with Crippen molar-refractivity contribution in [1.82, 2.24) is 30.1 Å². The third-order valence-corrected chi connectivity index (χ3v) is 6.42. The number of benzene rings is 3. The zero-order chi connectivity index (χ0) is 24.2. The molecular weight excluding hydrogens is 436 g/mol. The fraction of sp³-hybridized carbons (Fsp3) is 0.214. The standard InChI is InChI=1S/C28H28N6O/c1-20-13-14-24-15-25(28(35)29-27(24)21(20)2)18-33(16-22-9-5-3-6-10-22)19-26-30-31-32-34(26)17-23-11-7-4-8-12-23/h3-15H,16-19H2,1-2H3,(H,29,35). The monoisotopic (exact) mass is 464 g/mol. The van der Waals surface area contributed by atoms with Gasteiger partial charge >= 0.3 is 0 Å². The van der Waals surface area contributed by atoms with Crippen LogP contribution in [0.1, 0.15) is 33.6 Å². The highest BCUT2D eigenvalue weighted by Crippen LogP contribution is 2.20. The minimum Gasteiger partial charge on any atom is -0.321 e. The van der Waals surface area contributed by atoms with Gasteiger partial charge in [-0.2, -0.15) is 0 Å². The molecule has 0 aliphatic rings. The normalized spacial score (nSPS) is 11.4. The smallest absolute Gasteiger partial charge is 0.252 e. The van der Waals surface area contributed by atoms with Gasteiger partial charge in [-0.1, -0.05) is 72.8 Å². The van der Waals surface area contributed by atoms with Gasteiger partial charge in [0.2, 0.25) is 0 Å². The van der Waals surface area contributed by atoms with Crippen LogP contribution in [-0.2, 0) is 26.2 Å². The molecule has 0 aliphatic carbocycles. The quantitative estimate of drug-likeness (QED) is 0.369. The van der Waals surface area contributed by atoms with Gasteiger partial charge in [0, 0.05) is 18.7 Å². The predicted octanol–water partition coefficient (Wildman–Crippen LogP) is 4.38. The van der Waals surface area contributed by atoms with Crippen molar-refractivity contribution < 1.29 is 0 Å². The molecule has 0 unspecified atom stereocenters. The van der Waals surface area contributed by atoms with E-state index in [0.717, 1.165) is 39.0 Å². The summed E-state index contributed by atoms with van der Waals surface area (Å²) >= 11 is 0. The number of hydrogen-bond acceptors (Lipinski definition) is 5. The second-order valence-corrected chi connectivity index (χ2v) is 8.96. The predicted molar refractivity (Wildman–Crippen MR) is 137 cm³/mol. The molecule has 7 nitrogen and oxygen atoms in total. The van der Waals surface area contributed by atoms with Crippen molar-refractivity contribution in [3.63, 3.8) is 0 Å². The lowest BCUT2D eigenvalue weighted by Gasteiger charge is -2.22. The Labute approximate surface area is 204 Å². The van der Waals surface area contributed by atoms with Crippen LogP contribution in [-0.4, -0.2) is 30.1 Å². The molecule has 0 aliphatic heterocycles. The lowest BCUT2D eigenvalue weighted by molar-refractivity contribution is 0.236. The summed E-state index contributed by atoms with van der Waals surface area (Å²) in [7, 11) is 0. The molecule has 0 amide bonds. The van der Waals surface area contributed by atoms with Crippen LogP contribution in [0.4, 0.5) is 0 Å². The van der Waals surface area contributed by atoms with Crippen LogP contribution in [0.15, 0.2) is 83.7 Å². The van der Waals surface area contributed by atoms with Crippen LogP contribution in [0, 0.1) is 13.8 Å². The summed E-state index contributed by atoms with van der Waals surface area (Å²) in [6, 6.07) is 26.6. The van der Waals surface area contributed by atoms with E-state index in [1.807, 2.05) is 54.1 Å². The molecule has 0 atom stereocenters. The first-order valence-corrected chi connectivity index (χ1v) is 11.7. The first-order valence-electron chi connectivity index (χ1n) is 11.7. The summed E-state index contributed by atoms with van der Waals surface area (Å²) in [6.07, 6.45) is 0. The maximum atomic E-state index is 13.1. The fourth-order valence-corrected chi connectivity index (χ4v) is 4.35. The molecule has 176 valence electrons. The zero-order valence-electron chi connectivity index (χ0n) is 20.0. The van der Waals surface area contributed by atoms with Crippen LogP contribution < -0.4 is 5.56 Å². The van der Waals surface area contributed by atoms with Gasteiger partial charge in [0.1, 0.15) is 0 Å². The largest absolute Gasteiger partial charge is 0.321 e. The van der Waals surface area contributed by atoms with Gasteiger partial charge in [-0.25, -0.2) is 4.68 Å². The van der Waals surface area contributed by atoms with Gasteiger partial charge in [0.25, 0.3) is 5.56 Å². The molecule has 2 aromatic heterocycles. The fourth-order valence-electron chi connectivity index (χ4n) is 4.35. The molecular formula is C28H28N6O. The maximum absolute atomic E-state index is 13.1. The van der Waals surface area contributed by atoms with Gasteiger partial charge < -0.3 is 4.98 Å². The highest BCUT2D eigenvalue weighted by atomic mass is 16.1. The third kappa shape index (κ3) is 5.20. The van der Waals surface area contributed by atoms with Crippen molar-refractivity contribution in [2.24, 2.45) is 0 Å². The van der Waals surface area contributed by atoms with Crippen molar-refractivity contribution >= 4 is 10.9 Å². The average Bonchev–Trinajstić information content (AvgIpc) is 3.30. The Bertz CT molecular complexity index is 1490. The summed E-state index contributed by atoms with van der Waals surface area (Å²) in [5.74, 6) is 0.758. The minimum atomic E-state index is -0.0619. The highest BCUT2D eigenvalue weighted by molar-refractivity contribution is 5.83. The maximum Gasteiger partial charge on any atom is 0.252 e. The number of hydrogen-bond donors (Lipinski definition) is 1. The molecule has 35 heavy (non-hydrogen) atoms. The molecule has 0 fully saturated rings. The lowest BCUT2D eigenvalue weighted by Crippen LogP contribution is -2.28. The van der Waals surface area contributed by atoms with Crippen molar-refractivity contribution in [1.29, 1.82) is 0 Å². The van der Waals surface area contributed by atoms with Gasteiger partial charge in [-0.05, 0) is 58.0 Å². The van der Waals surface area contributed by atoms with Crippen molar-refractivity contribution in [2.75, 3.05) is 0 Å². The van der Waals surface area contributed by atoms with Gasteiger partial charge in [-0.3, -0.25) is 9.69 Å². The molecule has 0 bridgehead atoms. The molecule has 5 aromatic rings. The molecule has 0 saturated heterocycles. The van der Waals surface area contributed by atoms with E-state index < -0.39 is 0 Å². The van der Waals surface area contributed by atoms with E-state index in [1.54, 1.807) is 0 Å². The Morgan fingerprint density at radius 3 is 2.31 bits per heavy atom. The number of nitrogens with one attached hydrogen (secondary N) is 1. The Kier molecular flexibility index (Phi) is 6.50. The van der Waals surface area contributed by atoms with E-state index in [1.165, 1.54) is 5.56 Å². The summed E-state index contributed by atoms with van der Waals surface area (Å²) in [5.41, 5.74) is 6.13. The third-order valence-electron chi connectivity index (χ3n) is 6.42. The van der Waals surface area contributed by atoms with Crippen LogP contribution in [0.5, 0.6) is 0 Å². The molecule has 0 radical (unpaired) electrons. The highest BCUT2D eigenvalue weighted by Gasteiger charge is 2.16. The summed E-state index contributed by atoms with van der Waals surface area (Å²) in [4.78, 5) is 18.4. The topological polar surface area (TPSA) is 79.7 Å². The molecule has 5 rings (SSSR count). The second-order valence-electron chi connectivity index (χ2n) is 8.96. The van der Waals surface area contributed by atoms with Crippen LogP contribution in [0.2, 0.25) is 0 Å². The number of rotatable bonds is 8. The van der Waals surface area contributed by atoms with Crippen molar-refractivity contribution in [2.45, 2.75) is 40.0 Å². The number of H-pyrrole nitrogens is 1. The average molecular weight is 465 g/mol. The van der Waals surface area contributed by atoms with E-state index in [9.17, 15) is 4.79 Å².